The molecule has 6 nitrogen and oxygen atoms in total. The number of fused-ring (bicyclic) bond motifs is 1. The number of aliphatic hydroxyl groups is 1. The fourth-order valence-electron chi connectivity index (χ4n) is 4.01. The minimum Gasteiger partial charge on any atom is -0.507 e. The van der Waals surface area contributed by atoms with E-state index in [1.165, 1.54) is 12.1 Å². The molecular weight excluding hydrogens is 396 g/mol. The van der Waals surface area contributed by atoms with E-state index in [9.17, 15) is 25.2 Å². The Morgan fingerprint density at radius 1 is 1.16 bits per heavy atom. The quantitative estimate of drug-likeness (QED) is 0.413. The molecule has 2 aromatic rings. The number of ether oxygens (including phenoxy) is 1. The number of aliphatic hydroxyl groups excluding tert-OH is 1. The van der Waals surface area contributed by atoms with E-state index in [1.54, 1.807) is 13.0 Å². The maximum absolute atomic E-state index is 13.5. The molecule has 0 radical (unpaired) electrons. The van der Waals surface area contributed by atoms with E-state index in [-0.39, 0.29) is 40.0 Å². The SMILES string of the molecule is CC(C)=CCc1ccc(O)c(C(=O)c2c(O)cc(C)c3c2[C@H](O)[C@@H](C(C)C)CO3)c1O. The Morgan fingerprint density at radius 2 is 1.84 bits per heavy atom. The number of phenolic OH excluding ortho intramolecular Hbond substituents is 3. The zero-order valence-electron chi connectivity index (χ0n) is 18.6. The first-order valence-corrected chi connectivity index (χ1v) is 10.4. The van der Waals surface area contributed by atoms with Crippen molar-refractivity contribution in [1.82, 2.24) is 0 Å². The highest BCUT2D eigenvalue weighted by Crippen LogP contribution is 2.47. The Hall–Kier alpha value is -2.99. The third kappa shape index (κ3) is 4.12. The Balaban J connectivity index is 2.20. The van der Waals surface area contributed by atoms with Gasteiger partial charge in [-0.25, -0.2) is 0 Å². The molecule has 2 atom stereocenters. The third-order valence-corrected chi connectivity index (χ3v) is 5.88. The minimum absolute atomic E-state index is 0.0722. The van der Waals surface area contributed by atoms with Crippen molar-refractivity contribution >= 4 is 5.78 Å². The average Bonchev–Trinajstić information content (AvgIpc) is 2.67. The number of hydrogen-bond donors (Lipinski definition) is 4. The van der Waals surface area contributed by atoms with Crippen LogP contribution in [-0.2, 0) is 6.42 Å². The van der Waals surface area contributed by atoms with Crippen molar-refractivity contribution < 1.29 is 30.0 Å². The van der Waals surface area contributed by atoms with Crippen LogP contribution in [0.4, 0.5) is 0 Å². The van der Waals surface area contributed by atoms with Gasteiger partial charge in [-0.05, 0) is 56.4 Å². The molecule has 1 aliphatic heterocycles. The van der Waals surface area contributed by atoms with Gasteiger partial charge in [-0.2, -0.15) is 0 Å². The van der Waals surface area contributed by atoms with E-state index in [0.29, 0.717) is 29.9 Å². The molecule has 0 saturated carbocycles. The van der Waals surface area contributed by atoms with Crippen LogP contribution in [0.3, 0.4) is 0 Å². The number of carbonyl (C=O) groups is 1. The number of allylic oxidation sites excluding steroid dienone is 2. The third-order valence-electron chi connectivity index (χ3n) is 5.88. The van der Waals surface area contributed by atoms with E-state index >= 15 is 0 Å². The summed E-state index contributed by atoms with van der Waals surface area (Å²) in [5.74, 6) is -1.69. The zero-order chi connectivity index (χ0) is 23.0. The molecule has 0 saturated heterocycles. The highest BCUT2D eigenvalue weighted by atomic mass is 16.5. The lowest BCUT2D eigenvalue weighted by Gasteiger charge is -2.35. The van der Waals surface area contributed by atoms with Gasteiger partial charge in [0.15, 0.2) is 0 Å². The van der Waals surface area contributed by atoms with Crippen molar-refractivity contribution in [2.45, 2.75) is 47.1 Å². The molecule has 0 bridgehead atoms. The van der Waals surface area contributed by atoms with Crippen molar-refractivity contribution in [2.24, 2.45) is 11.8 Å². The molecule has 1 aliphatic rings. The molecule has 2 aromatic carbocycles. The molecule has 0 spiro atoms. The van der Waals surface area contributed by atoms with E-state index in [0.717, 1.165) is 5.57 Å². The lowest BCUT2D eigenvalue weighted by atomic mass is 9.80. The van der Waals surface area contributed by atoms with Crippen LogP contribution >= 0.6 is 0 Å². The second-order valence-corrected chi connectivity index (χ2v) is 8.78. The van der Waals surface area contributed by atoms with Crippen LogP contribution in [0.5, 0.6) is 23.0 Å². The predicted molar refractivity (Wildman–Crippen MR) is 118 cm³/mol. The zero-order valence-corrected chi connectivity index (χ0v) is 18.6. The number of phenols is 3. The van der Waals surface area contributed by atoms with Crippen molar-refractivity contribution in [3.63, 3.8) is 0 Å². The van der Waals surface area contributed by atoms with Gasteiger partial charge >= 0.3 is 0 Å². The second kappa shape index (κ2) is 8.63. The van der Waals surface area contributed by atoms with E-state index < -0.39 is 17.6 Å². The minimum atomic E-state index is -1.04. The Bertz CT molecular complexity index is 1050. The number of aromatic hydroxyl groups is 3. The van der Waals surface area contributed by atoms with Crippen LogP contribution in [0, 0.1) is 18.8 Å². The van der Waals surface area contributed by atoms with E-state index in [2.05, 4.69) is 0 Å². The van der Waals surface area contributed by atoms with Gasteiger partial charge in [0.05, 0.1) is 18.3 Å². The summed E-state index contributed by atoms with van der Waals surface area (Å²) >= 11 is 0. The number of benzene rings is 2. The van der Waals surface area contributed by atoms with Crippen molar-refractivity contribution in [3.8, 4) is 23.0 Å². The van der Waals surface area contributed by atoms with Gasteiger partial charge in [0.1, 0.15) is 28.6 Å². The summed E-state index contributed by atoms with van der Waals surface area (Å²) in [6.07, 6.45) is 1.25. The highest BCUT2D eigenvalue weighted by Gasteiger charge is 2.38. The summed E-state index contributed by atoms with van der Waals surface area (Å²) in [6.45, 7) is 9.76. The molecule has 1 heterocycles. The van der Waals surface area contributed by atoms with Gasteiger partial charge in [-0.3, -0.25) is 4.79 Å². The molecule has 0 unspecified atom stereocenters. The first kappa shape index (κ1) is 22.7. The van der Waals surface area contributed by atoms with Crippen LogP contribution in [0.1, 0.15) is 66.4 Å². The largest absolute Gasteiger partial charge is 0.507 e. The number of hydrogen-bond acceptors (Lipinski definition) is 6. The average molecular weight is 427 g/mol. The molecule has 3 rings (SSSR count). The van der Waals surface area contributed by atoms with Crippen LogP contribution in [0.2, 0.25) is 0 Å². The normalized spacial score (nSPS) is 17.8. The van der Waals surface area contributed by atoms with Gasteiger partial charge < -0.3 is 25.2 Å². The first-order valence-electron chi connectivity index (χ1n) is 10.4. The molecule has 6 heteroatoms. The molecule has 0 aromatic heterocycles. The van der Waals surface area contributed by atoms with Crippen LogP contribution in [-0.4, -0.2) is 32.8 Å². The number of aryl methyl sites for hydroxylation is 1. The van der Waals surface area contributed by atoms with Crippen molar-refractivity contribution in [3.05, 3.63) is 57.7 Å². The topological polar surface area (TPSA) is 107 Å². The molecule has 0 aliphatic carbocycles. The summed E-state index contributed by atoms with van der Waals surface area (Å²) in [4.78, 5) is 13.5. The van der Waals surface area contributed by atoms with E-state index in [1.807, 2.05) is 33.8 Å². The van der Waals surface area contributed by atoms with Gasteiger partial charge in [-0.15, -0.1) is 0 Å². The standard InChI is InChI=1S/C25H30O6/c1-12(2)6-7-15-8-9-17(26)20(22(15)28)24(30)19-18(27)10-14(5)25-21(19)23(29)16(11-31-25)13(3)4/h6,8-10,13,16,23,26-29H,7,11H2,1-5H3/t16-,23-/m1/s1. The van der Waals surface area contributed by atoms with Gasteiger partial charge in [0, 0.05) is 11.5 Å². The Kier molecular flexibility index (Phi) is 6.32. The van der Waals surface area contributed by atoms with Crippen LogP contribution < -0.4 is 4.74 Å². The second-order valence-electron chi connectivity index (χ2n) is 8.78. The van der Waals surface area contributed by atoms with Gasteiger partial charge in [-0.1, -0.05) is 31.6 Å². The molecule has 166 valence electrons. The predicted octanol–water partition coefficient (Wildman–Crippen LogP) is 4.55. The number of ketones is 1. The van der Waals surface area contributed by atoms with Gasteiger partial charge in [0.2, 0.25) is 5.78 Å². The van der Waals surface area contributed by atoms with Crippen molar-refractivity contribution in [2.75, 3.05) is 6.61 Å². The summed E-state index contributed by atoms with van der Waals surface area (Å²) in [5.41, 5.74) is 1.84. The molecule has 0 amide bonds. The molecular formula is C25H30O6. The molecule has 31 heavy (non-hydrogen) atoms. The summed E-state index contributed by atoms with van der Waals surface area (Å²) in [6, 6.07) is 4.30. The maximum Gasteiger partial charge on any atom is 0.204 e. The summed E-state index contributed by atoms with van der Waals surface area (Å²) in [5, 5.41) is 43.0. The maximum atomic E-state index is 13.5. The summed E-state index contributed by atoms with van der Waals surface area (Å²) in [7, 11) is 0. The summed E-state index contributed by atoms with van der Waals surface area (Å²) < 4.78 is 5.87. The fourth-order valence-corrected chi connectivity index (χ4v) is 4.01. The number of rotatable bonds is 5. The Labute approximate surface area is 182 Å². The molecule has 0 fully saturated rings. The lowest BCUT2D eigenvalue weighted by molar-refractivity contribution is 0.0248. The fraction of sp³-hybridized carbons (Fsp3) is 0.400. The Morgan fingerprint density at radius 3 is 2.45 bits per heavy atom. The highest BCUT2D eigenvalue weighted by molar-refractivity contribution is 6.15. The smallest absolute Gasteiger partial charge is 0.204 e. The van der Waals surface area contributed by atoms with E-state index in [4.69, 9.17) is 4.74 Å². The monoisotopic (exact) mass is 426 g/mol. The van der Waals surface area contributed by atoms with Crippen LogP contribution in [0.25, 0.3) is 0 Å². The van der Waals surface area contributed by atoms with Crippen LogP contribution in [0.15, 0.2) is 29.8 Å². The first-order chi connectivity index (χ1) is 14.5. The number of carbonyl (C=O) groups excluding carboxylic acids is 1. The lowest BCUT2D eigenvalue weighted by Crippen LogP contribution is -2.31. The van der Waals surface area contributed by atoms with Crippen molar-refractivity contribution in [1.29, 1.82) is 0 Å². The molecule has 4 N–H and O–H groups in total. The van der Waals surface area contributed by atoms with Gasteiger partial charge in [0.25, 0.3) is 0 Å².